The summed E-state index contributed by atoms with van der Waals surface area (Å²) in [5.74, 6) is 0. The SMILES string of the molecule is C=C(CCC)CCOCc1ccccc1. The van der Waals surface area contributed by atoms with E-state index in [2.05, 4.69) is 25.6 Å². The summed E-state index contributed by atoms with van der Waals surface area (Å²) in [7, 11) is 0. The molecule has 0 aliphatic carbocycles. The molecule has 0 amide bonds. The monoisotopic (exact) mass is 204 g/mol. The van der Waals surface area contributed by atoms with Crippen molar-refractivity contribution < 1.29 is 4.74 Å². The van der Waals surface area contributed by atoms with Crippen molar-refractivity contribution in [1.82, 2.24) is 0 Å². The molecule has 1 rings (SSSR count). The van der Waals surface area contributed by atoms with Crippen LogP contribution in [-0.2, 0) is 11.3 Å². The molecule has 0 heterocycles. The lowest BCUT2D eigenvalue weighted by molar-refractivity contribution is 0.123. The fraction of sp³-hybridized carbons (Fsp3) is 0.429. The van der Waals surface area contributed by atoms with Gasteiger partial charge in [-0.25, -0.2) is 0 Å². The van der Waals surface area contributed by atoms with Gasteiger partial charge in [-0.15, -0.1) is 0 Å². The first kappa shape index (κ1) is 12.0. The zero-order valence-corrected chi connectivity index (χ0v) is 9.54. The lowest BCUT2D eigenvalue weighted by Gasteiger charge is -2.05. The molecule has 1 aromatic carbocycles. The Labute approximate surface area is 92.8 Å². The Morgan fingerprint density at radius 3 is 2.60 bits per heavy atom. The molecule has 0 aliphatic rings. The van der Waals surface area contributed by atoms with Crippen LogP contribution in [0.5, 0.6) is 0 Å². The quantitative estimate of drug-likeness (QED) is 0.482. The van der Waals surface area contributed by atoms with Gasteiger partial charge in [-0.05, 0) is 18.4 Å². The standard InChI is InChI=1S/C14H20O/c1-3-7-13(2)10-11-15-12-14-8-5-4-6-9-14/h4-6,8-9H,2-3,7,10-12H2,1H3. The Morgan fingerprint density at radius 2 is 1.93 bits per heavy atom. The molecular weight excluding hydrogens is 184 g/mol. The van der Waals surface area contributed by atoms with Crippen LogP contribution in [0.15, 0.2) is 42.5 Å². The highest BCUT2D eigenvalue weighted by molar-refractivity contribution is 5.13. The summed E-state index contributed by atoms with van der Waals surface area (Å²) in [6, 6.07) is 10.3. The maximum absolute atomic E-state index is 5.58. The molecule has 0 atom stereocenters. The van der Waals surface area contributed by atoms with Gasteiger partial charge in [0.2, 0.25) is 0 Å². The molecule has 0 bridgehead atoms. The van der Waals surface area contributed by atoms with E-state index in [4.69, 9.17) is 4.74 Å². The van der Waals surface area contributed by atoms with Crippen LogP contribution in [0.2, 0.25) is 0 Å². The fourth-order valence-electron chi connectivity index (χ4n) is 1.46. The van der Waals surface area contributed by atoms with E-state index in [-0.39, 0.29) is 0 Å². The molecule has 1 aromatic rings. The van der Waals surface area contributed by atoms with Crippen LogP contribution in [0, 0.1) is 0 Å². The van der Waals surface area contributed by atoms with Crippen molar-refractivity contribution in [2.45, 2.75) is 32.8 Å². The molecule has 1 nitrogen and oxygen atoms in total. The van der Waals surface area contributed by atoms with E-state index < -0.39 is 0 Å². The molecule has 0 radical (unpaired) electrons. The third kappa shape index (κ3) is 5.38. The highest BCUT2D eigenvalue weighted by atomic mass is 16.5. The van der Waals surface area contributed by atoms with Crippen molar-refractivity contribution in [3.05, 3.63) is 48.0 Å². The van der Waals surface area contributed by atoms with Gasteiger partial charge in [-0.3, -0.25) is 0 Å². The first-order valence-corrected chi connectivity index (χ1v) is 5.61. The maximum atomic E-state index is 5.58. The predicted octanol–water partition coefficient (Wildman–Crippen LogP) is 3.95. The second-order valence-corrected chi connectivity index (χ2v) is 3.79. The summed E-state index contributed by atoms with van der Waals surface area (Å²) in [5.41, 5.74) is 2.53. The van der Waals surface area contributed by atoms with Crippen molar-refractivity contribution in [2.24, 2.45) is 0 Å². The lowest BCUT2D eigenvalue weighted by Crippen LogP contribution is -1.96. The normalized spacial score (nSPS) is 10.2. The van der Waals surface area contributed by atoms with Crippen LogP contribution in [0.3, 0.4) is 0 Å². The van der Waals surface area contributed by atoms with Gasteiger partial charge >= 0.3 is 0 Å². The van der Waals surface area contributed by atoms with E-state index in [0.29, 0.717) is 6.61 Å². The molecule has 0 spiro atoms. The first-order valence-electron chi connectivity index (χ1n) is 5.61. The van der Waals surface area contributed by atoms with Crippen LogP contribution in [0.25, 0.3) is 0 Å². The summed E-state index contributed by atoms with van der Waals surface area (Å²) >= 11 is 0. The molecular formula is C14H20O. The Balaban J connectivity index is 2.10. The smallest absolute Gasteiger partial charge is 0.0717 e. The van der Waals surface area contributed by atoms with Gasteiger partial charge in [-0.1, -0.05) is 55.8 Å². The maximum Gasteiger partial charge on any atom is 0.0717 e. The number of hydrogen-bond donors (Lipinski definition) is 0. The van der Waals surface area contributed by atoms with E-state index in [0.717, 1.165) is 19.4 Å². The summed E-state index contributed by atoms with van der Waals surface area (Å²) in [5, 5.41) is 0. The van der Waals surface area contributed by atoms with Gasteiger partial charge in [0.1, 0.15) is 0 Å². The van der Waals surface area contributed by atoms with Crippen molar-refractivity contribution in [3.8, 4) is 0 Å². The second kappa shape index (κ2) is 7.24. The van der Waals surface area contributed by atoms with Crippen molar-refractivity contribution in [3.63, 3.8) is 0 Å². The lowest BCUT2D eigenvalue weighted by atomic mass is 10.1. The number of benzene rings is 1. The van der Waals surface area contributed by atoms with Crippen LogP contribution < -0.4 is 0 Å². The summed E-state index contributed by atoms with van der Waals surface area (Å²) in [6.45, 7) is 7.68. The highest BCUT2D eigenvalue weighted by Crippen LogP contribution is 2.07. The zero-order valence-electron chi connectivity index (χ0n) is 9.54. The Kier molecular flexibility index (Phi) is 5.79. The molecule has 0 saturated carbocycles. The number of ether oxygens (including phenoxy) is 1. The van der Waals surface area contributed by atoms with Gasteiger partial charge in [0.25, 0.3) is 0 Å². The minimum atomic E-state index is 0.709. The molecule has 82 valence electrons. The minimum absolute atomic E-state index is 0.709. The first-order chi connectivity index (χ1) is 7.33. The highest BCUT2D eigenvalue weighted by Gasteiger charge is 1.94. The Morgan fingerprint density at radius 1 is 1.20 bits per heavy atom. The van der Waals surface area contributed by atoms with E-state index in [1.54, 1.807) is 0 Å². The molecule has 0 saturated heterocycles. The average molecular weight is 204 g/mol. The van der Waals surface area contributed by atoms with Crippen LogP contribution in [-0.4, -0.2) is 6.61 Å². The Hall–Kier alpha value is -1.08. The second-order valence-electron chi connectivity index (χ2n) is 3.79. The van der Waals surface area contributed by atoms with E-state index >= 15 is 0 Å². The molecule has 0 fully saturated rings. The molecule has 0 aliphatic heterocycles. The number of rotatable bonds is 7. The van der Waals surface area contributed by atoms with Crippen molar-refractivity contribution in [1.29, 1.82) is 0 Å². The summed E-state index contributed by atoms with van der Waals surface area (Å²) < 4.78 is 5.58. The fourth-order valence-corrected chi connectivity index (χ4v) is 1.46. The average Bonchev–Trinajstić information content (AvgIpc) is 2.26. The van der Waals surface area contributed by atoms with Crippen LogP contribution >= 0.6 is 0 Å². The molecule has 1 heteroatoms. The topological polar surface area (TPSA) is 9.23 Å². The van der Waals surface area contributed by atoms with Gasteiger partial charge in [-0.2, -0.15) is 0 Å². The molecule has 0 N–H and O–H groups in total. The van der Waals surface area contributed by atoms with Gasteiger partial charge in [0.15, 0.2) is 0 Å². The Bertz CT molecular complexity index is 277. The molecule has 0 unspecified atom stereocenters. The molecule has 15 heavy (non-hydrogen) atoms. The zero-order chi connectivity index (χ0) is 10.9. The van der Waals surface area contributed by atoms with Crippen LogP contribution in [0.1, 0.15) is 31.7 Å². The van der Waals surface area contributed by atoms with Crippen molar-refractivity contribution >= 4 is 0 Å². The third-order valence-corrected chi connectivity index (χ3v) is 2.32. The predicted molar refractivity (Wildman–Crippen MR) is 64.8 cm³/mol. The largest absolute Gasteiger partial charge is 0.376 e. The van der Waals surface area contributed by atoms with Gasteiger partial charge in [0, 0.05) is 0 Å². The van der Waals surface area contributed by atoms with Gasteiger partial charge in [0.05, 0.1) is 13.2 Å². The van der Waals surface area contributed by atoms with Gasteiger partial charge < -0.3 is 4.74 Å². The summed E-state index contributed by atoms with van der Waals surface area (Å²) in [6.07, 6.45) is 3.28. The van der Waals surface area contributed by atoms with Crippen molar-refractivity contribution in [2.75, 3.05) is 6.61 Å². The van der Waals surface area contributed by atoms with E-state index in [9.17, 15) is 0 Å². The molecule has 0 aromatic heterocycles. The van der Waals surface area contributed by atoms with E-state index in [1.165, 1.54) is 17.6 Å². The van der Waals surface area contributed by atoms with Crippen LogP contribution in [0.4, 0.5) is 0 Å². The third-order valence-electron chi connectivity index (χ3n) is 2.32. The number of hydrogen-bond acceptors (Lipinski definition) is 1. The van der Waals surface area contributed by atoms with E-state index in [1.807, 2.05) is 18.2 Å². The minimum Gasteiger partial charge on any atom is -0.376 e. The summed E-state index contributed by atoms with van der Waals surface area (Å²) in [4.78, 5) is 0.